The van der Waals surface area contributed by atoms with Gasteiger partial charge in [0, 0.05) is 32.7 Å². The maximum absolute atomic E-state index is 5.24. The summed E-state index contributed by atoms with van der Waals surface area (Å²) in [6.45, 7) is 4.66. The second kappa shape index (κ2) is 8.48. The van der Waals surface area contributed by atoms with E-state index in [0.717, 1.165) is 44.2 Å². The molecule has 6 heteroatoms. The van der Waals surface area contributed by atoms with Crippen LogP contribution in [0, 0.1) is 5.41 Å². The largest absolute Gasteiger partial charge is 0.385 e. The molecule has 0 atom stereocenters. The standard InChI is InChI=1S/C16H28N4OS/c1-4-14-20-13(11-22-14)10-18-15(17-2)19-12-16(6-5-7-16)8-9-21-3/h11H,4-10,12H2,1-3H3,(H2,17,18,19). The van der Waals surface area contributed by atoms with Crippen LogP contribution in [0.4, 0.5) is 0 Å². The smallest absolute Gasteiger partial charge is 0.191 e. The van der Waals surface area contributed by atoms with Crippen molar-refractivity contribution in [3.8, 4) is 0 Å². The predicted molar refractivity (Wildman–Crippen MR) is 92.5 cm³/mol. The van der Waals surface area contributed by atoms with E-state index in [2.05, 4.69) is 32.9 Å². The molecule has 1 aromatic heterocycles. The molecule has 1 saturated carbocycles. The average molecular weight is 324 g/mol. The Morgan fingerprint density at radius 3 is 2.82 bits per heavy atom. The molecule has 1 aromatic rings. The van der Waals surface area contributed by atoms with Crippen LogP contribution in [-0.2, 0) is 17.7 Å². The van der Waals surface area contributed by atoms with Crippen LogP contribution in [0.1, 0.15) is 43.3 Å². The molecule has 0 radical (unpaired) electrons. The van der Waals surface area contributed by atoms with E-state index in [9.17, 15) is 0 Å². The summed E-state index contributed by atoms with van der Waals surface area (Å²) in [5, 5.41) is 10.1. The van der Waals surface area contributed by atoms with E-state index in [1.807, 2.05) is 7.05 Å². The molecule has 124 valence electrons. The lowest BCUT2D eigenvalue weighted by molar-refractivity contribution is 0.0732. The molecule has 1 fully saturated rings. The lowest BCUT2D eigenvalue weighted by atomic mass is 9.67. The van der Waals surface area contributed by atoms with Crippen molar-refractivity contribution in [2.75, 3.05) is 27.3 Å². The zero-order chi connectivity index (χ0) is 15.8. The third kappa shape index (κ3) is 4.68. The van der Waals surface area contributed by atoms with Gasteiger partial charge in [0.25, 0.3) is 0 Å². The Morgan fingerprint density at radius 1 is 1.45 bits per heavy atom. The van der Waals surface area contributed by atoms with Crippen LogP contribution in [0.5, 0.6) is 0 Å². The third-order valence-electron chi connectivity index (χ3n) is 4.44. The van der Waals surface area contributed by atoms with E-state index >= 15 is 0 Å². The van der Waals surface area contributed by atoms with Crippen LogP contribution in [0.25, 0.3) is 0 Å². The van der Waals surface area contributed by atoms with Crippen molar-refractivity contribution in [1.29, 1.82) is 0 Å². The summed E-state index contributed by atoms with van der Waals surface area (Å²) in [6.07, 6.45) is 6.02. The van der Waals surface area contributed by atoms with E-state index in [1.165, 1.54) is 24.3 Å². The van der Waals surface area contributed by atoms with Gasteiger partial charge in [-0.25, -0.2) is 4.98 Å². The van der Waals surface area contributed by atoms with Gasteiger partial charge >= 0.3 is 0 Å². The van der Waals surface area contributed by atoms with E-state index in [1.54, 1.807) is 18.4 Å². The Bertz CT molecular complexity index is 482. The van der Waals surface area contributed by atoms with Crippen molar-refractivity contribution in [3.63, 3.8) is 0 Å². The second-order valence-corrected chi connectivity index (χ2v) is 6.90. The molecule has 2 N–H and O–H groups in total. The van der Waals surface area contributed by atoms with Gasteiger partial charge in [0.15, 0.2) is 5.96 Å². The fourth-order valence-corrected chi connectivity index (χ4v) is 3.51. The van der Waals surface area contributed by atoms with Gasteiger partial charge < -0.3 is 15.4 Å². The first-order valence-corrected chi connectivity index (χ1v) is 8.96. The Kier molecular flexibility index (Phi) is 6.64. The number of guanidine groups is 1. The van der Waals surface area contributed by atoms with E-state index in [-0.39, 0.29) is 0 Å². The normalized spacial score (nSPS) is 17.1. The number of hydrogen-bond acceptors (Lipinski definition) is 4. The van der Waals surface area contributed by atoms with Crippen molar-refractivity contribution in [2.45, 2.75) is 45.6 Å². The van der Waals surface area contributed by atoms with E-state index < -0.39 is 0 Å². The molecule has 1 aliphatic carbocycles. The molecule has 0 amide bonds. The zero-order valence-corrected chi connectivity index (χ0v) is 14.8. The van der Waals surface area contributed by atoms with Crippen LogP contribution >= 0.6 is 11.3 Å². The number of ether oxygens (including phenoxy) is 1. The SMILES string of the molecule is CCc1nc(CNC(=NC)NCC2(CCOC)CCC2)cs1. The van der Waals surface area contributed by atoms with Gasteiger partial charge in [0.05, 0.1) is 17.2 Å². The number of nitrogens with one attached hydrogen (secondary N) is 2. The van der Waals surface area contributed by atoms with Gasteiger partial charge in [0.1, 0.15) is 0 Å². The molecule has 0 aliphatic heterocycles. The summed E-state index contributed by atoms with van der Waals surface area (Å²) < 4.78 is 5.24. The van der Waals surface area contributed by atoms with Crippen molar-refractivity contribution >= 4 is 17.3 Å². The highest BCUT2D eigenvalue weighted by Gasteiger charge is 2.36. The molecule has 1 aliphatic rings. The van der Waals surface area contributed by atoms with E-state index in [0.29, 0.717) is 5.41 Å². The average Bonchev–Trinajstić information content (AvgIpc) is 2.96. The maximum atomic E-state index is 5.24. The summed E-state index contributed by atoms with van der Waals surface area (Å²) in [6, 6.07) is 0. The highest BCUT2D eigenvalue weighted by atomic mass is 32.1. The molecule has 22 heavy (non-hydrogen) atoms. The van der Waals surface area contributed by atoms with Crippen molar-refractivity contribution in [3.05, 3.63) is 16.1 Å². The monoisotopic (exact) mass is 324 g/mol. The number of aryl methyl sites for hydroxylation is 1. The summed E-state index contributed by atoms with van der Waals surface area (Å²) in [4.78, 5) is 8.88. The molecule has 2 rings (SSSR count). The number of methoxy groups -OCH3 is 1. The number of aliphatic imine (C=N–C) groups is 1. The van der Waals surface area contributed by atoms with Gasteiger partial charge in [-0.1, -0.05) is 13.3 Å². The molecular weight excluding hydrogens is 296 g/mol. The van der Waals surface area contributed by atoms with Crippen molar-refractivity contribution < 1.29 is 4.74 Å². The Hall–Kier alpha value is -1.14. The molecular formula is C16H28N4OS. The highest BCUT2D eigenvalue weighted by Crippen LogP contribution is 2.43. The quantitative estimate of drug-likeness (QED) is 0.570. The predicted octanol–water partition coefficient (Wildman–Crippen LogP) is 2.58. The second-order valence-electron chi connectivity index (χ2n) is 5.96. The van der Waals surface area contributed by atoms with Crippen LogP contribution in [0.2, 0.25) is 0 Å². The van der Waals surface area contributed by atoms with Crippen molar-refractivity contribution in [2.24, 2.45) is 10.4 Å². The minimum absolute atomic E-state index is 0.393. The summed E-state index contributed by atoms with van der Waals surface area (Å²) >= 11 is 1.72. The van der Waals surface area contributed by atoms with Crippen molar-refractivity contribution in [1.82, 2.24) is 15.6 Å². The molecule has 5 nitrogen and oxygen atoms in total. The molecule has 0 bridgehead atoms. The Balaban J connectivity index is 1.77. The molecule has 0 spiro atoms. The first kappa shape index (κ1) is 17.2. The van der Waals surface area contributed by atoms with Gasteiger partial charge in [-0.15, -0.1) is 11.3 Å². The zero-order valence-electron chi connectivity index (χ0n) is 13.9. The van der Waals surface area contributed by atoms with E-state index in [4.69, 9.17) is 4.74 Å². The fourth-order valence-electron chi connectivity index (χ4n) is 2.77. The van der Waals surface area contributed by atoms with Crippen LogP contribution in [0.15, 0.2) is 10.4 Å². The number of aromatic nitrogens is 1. The Morgan fingerprint density at radius 2 is 2.27 bits per heavy atom. The maximum Gasteiger partial charge on any atom is 0.191 e. The van der Waals surface area contributed by atoms with Gasteiger partial charge in [-0.05, 0) is 31.1 Å². The number of nitrogens with zero attached hydrogens (tertiary/aromatic N) is 2. The summed E-state index contributed by atoms with van der Waals surface area (Å²) in [5.41, 5.74) is 1.48. The lowest BCUT2D eigenvalue weighted by Crippen LogP contribution is -2.46. The summed E-state index contributed by atoms with van der Waals surface area (Å²) in [5.74, 6) is 0.856. The third-order valence-corrected chi connectivity index (χ3v) is 5.49. The molecule has 0 saturated heterocycles. The highest BCUT2D eigenvalue weighted by molar-refractivity contribution is 7.09. The summed E-state index contributed by atoms with van der Waals surface area (Å²) in [7, 11) is 3.59. The number of hydrogen-bond donors (Lipinski definition) is 2. The van der Waals surface area contributed by atoms with Gasteiger partial charge in [-0.3, -0.25) is 4.99 Å². The molecule has 0 aromatic carbocycles. The first-order chi connectivity index (χ1) is 10.7. The minimum Gasteiger partial charge on any atom is -0.385 e. The van der Waals surface area contributed by atoms with Crippen LogP contribution < -0.4 is 10.6 Å². The molecule has 0 unspecified atom stereocenters. The number of rotatable bonds is 8. The van der Waals surface area contributed by atoms with Gasteiger partial charge in [-0.2, -0.15) is 0 Å². The van der Waals surface area contributed by atoms with Gasteiger partial charge in [0.2, 0.25) is 0 Å². The van der Waals surface area contributed by atoms with Crippen LogP contribution in [-0.4, -0.2) is 38.3 Å². The number of thiazole rings is 1. The Labute approximate surface area is 137 Å². The molecule has 1 heterocycles. The lowest BCUT2D eigenvalue weighted by Gasteiger charge is -2.42. The fraction of sp³-hybridized carbons (Fsp3) is 0.750. The first-order valence-electron chi connectivity index (χ1n) is 8.08. The van der Waals surface area contributed by atoms with Crippen LogP contribution in [0.3, 0.4) is 0 Å². The minimum atomic E-state index is 0.393. The topological polar surface area (TPSA) is 58.5 Å².